The van der Waals surface area contributed by atoms with Crippen molar-refractivity contribution in [3.8, 4) is 0 Å². The molecule has 35 heavy (non-hydrogen) atoms. The molecule has 1 saturated carbocycles. The van der Waals surface area contributed by atoms with Gasteiger partial charge >= 0.3 is 6.18 Å². The van der Waals surface area contributed by atoms with E-state index in [0.717, 1.165) is 12.3 Å². The number of anilines is 3. The third kappa shape index (κ3) is 5.30. The first-order valence-corrected chi connectivity index (χ1v) is 11.4. The molecule has 9 nitrogen and oxygen atoms in total. The SMILES string of the molecule is Cc1nc(N[C@H]2C[C@H](NC(=O)Cc3ccc(C(F)(F)F)nc3)C2)nc2c1NC(=O)C(C(C)C)N2C. The van der Waals surface area contributed by atoms with E-state index in [1.807, 2.05) is 32.7 Å². The third-order valence-corrected chi connectivity index (χ3v) is 6.29. The number of nitrogens with zero attached hydrogens (tertiary/aromatic N) is 4. The summed E-state index contributed by atoms with van der Waals surface area (Å²) in [5.41, 5.74) is 0.700. The van der Waals surface area contributed by atoms with E-state index < -0.39 is 11.9 Å². The normalized spacial score (nSPS) is 21.8. The Kier molecular flexibility index (Phi) is 6.56. The van der Waals surface area contributed by atoms with E-state index in [0.29, 0.717) is 41.6 Å². The van der Waals surface area contributed by atoms with Crippen LogP contribution in [0.25, 0.3) is 0 Å². The van der Waals surface area contributed by atoms with Crippen molar-refractivity contribution in [3.63, 3.8) is 0 Å². The minimum atomic E-state index is -4.51. The fourth-order valence-corrected chi connectivity index (χ4v) is 4.48. The summed E-state index contributed by atoms with van der Waals surface area (Å²) in [7, 11) is 1.85. The van der Waals surface area contributed by atoms with Gasteiger partial charge in [-0.25, -0.2) is 4.98 Å². The molecule has 3 N–H and O–H groups in total. The maximum atomic E-state index is 12.6. The second-order valence-corrected chi connectivity index (χ2v) is 9.42. The summed E-state index contributed by atoms with van der Waals surface area (Å²) in [6.07, 6.45) is -2.14. The highest BCUT2D eigenvalue weighted by Crippen LogP contribution is 2.35. The first kappa shape index (κ1) is 24.7. The second kappa shape index (κ2) is 9.31. The number of fused-ring (bicyclic) bond motifs is 1. The maximum Gasteiger partial charge on any atom is 0.433 e. The molecule has 1 aliphatic carbocycles. The van der Waals surface area contributed by atoms with Crippen LogP contribution in [0, 0.1) is 12.8 Å². The summed E-state index contributed by atoms with van der Waals surface area (Å²) in [4.78, 5) is 39.1. The van der Waals surface area contributed by atoms with E-state index in [-0.39, 0.29) is 42.3 Å². The van der Waals surface area contributed by atoms with E-state index in [9.17, 15) is 22.8 Å². The number of carbonyl (C=O) groups excluding carboxylic acids is 2. The van der Waals surface area contributed by atoms with Crippen molar-refractivity contribution in [2.75, 3.05) is 22.6 Å². The van der Waals surface area contributed by atoms with Crippen LogP contribution in [0.3, 0.4) is 0 Å². The number of halogens is 3. The van der Waals surface area contributed by atoms with Gasteiger partial charge in [0.05, 0.1) is 12.1 Å². The molecule has 1 aliphatic heterocycles. The number of aryl methyl sites for hydroxylation is 1. The molecule has 188 valence electrons. The Hall–Kier alpha value is -3.44. The number of likely N-dealkylation sites (N-methyl/N-ethyl adjacent to an activating group) is 1. The van der Waals surface area contributed by atoms with Gasteiger partial charge in [-0.2, -0.15) is 18.2 Å². The van der Waals surface area contributed by atoms with Crippen molar-refractivity contribution in [2.45, 2.75) is 64.3 Å². The van der Waals surface area contributed by atoms with E-state index in [2.05, 4.69) is 30.9 Å². The van der Waals surface area contributed by atoms with Gasteiger partial charge in [-0.15, -0.1) is 0 Å². The fourth-order valence-electron chi connectivity index (χ4n) is 4.48. The Labute approximate surface area is 200 Å². The maximum absolute atomic E-state index is 12.6. The van der Waals surface area contributed by atoms with Gasteiger partial charge in [-0.3, -0.25) is 14.6 Å². The third-order valence-electron chi connectivity index (χ3n) is 6.29. The predicted molar refractivity (Wildman–Crippen MR) is 124 cm³/mol. The van der Waals surface area contributed by atoms with E-state index in [1.54, 1.807) is 0 Å². The summed E-state index contributed by atoms with van der Waals surface area (Å²) >= 11 is 0. The molecule has 2 amide bonds. The molecule has 0 saturated heterocycles. The molecule has 1 fully saturated rings. The average Bonchev–Trinajstić information content (AvgIpc) is 2.72. The van der Waals surface area contributed by atoms with Crippen LogP contribution in [-0.4, -0.2) is 51.9 Å². The number of hydrogen-bond acceptors (Lipinski definition) is 7. The van der Waals surface area contributed by atoms with E-state index in [1.165, 1.54) is 6.07 Å². The van der Waals surface area contributed by atoms with E-state index >= 15 is 0 Å². The van der Waals surface area contributed by atoms with Crippen molar-refractivity contribution >= 4 is 29.3 Å². The first-order valence-electron chi connectivity index (χ1n) is 11.4. The summed E-state index contributed by atoms with van der Waals surface area (Å²) in [5.74, 6) is 0.874. The molecule has 1 unspecified atom stereocenters. The second-order valence-electron chi connectivity index (χ2n) is 9.42. The molecule has 4 rings (SSSR count). The Balaban J connectivity index is 1.30. The lowest BCUT2D eigenvalue weighted by atomic mass is 9.86. The van der Waals surface area contributed by atoms with Crippen LogP contribution < -0.4 is 20.9 Å². The van der Waals surface area contributed by atoms with Crippen LogP contribution in [0.15, 0.2) is 18.3 Å². The number of alkyl halides is 3. The molecule has 1 atom stereocenters. The van der Waals surface area contributed by atoms with Crippen LogP contribution in [0.1, 0.15) is 43.6 Å². The standard InChI is InChI=1S/C23H28F3N7O2/c1-11(2)19-21(35)31-18-12(3)28-22(32-20(18)33(19)4)30-15-8-14(9-15)29-17(34)7-13-5-6-16(27-10-13)23(24,25)26/h5-6,10-11,14-15,19H,7-9H2,1-4H3,(H,29,34)(H,31,35)(H,28,30,32)/t14-,15-,19?. The van der Waals surface area contributed by atoms with Gasteiger partial charge in [0.15, 0.2) is 5.82 Å². The Morgan fingerprint density at radius 1 is 1.23 bits per heavy atom. The van der Waals surface area contributed by atoms with Gasteiger partial charge in [0.25, 0.3) is 0 Å². The molecule has 0 aromatic carbocycles. The Bertz CT molecular complexity index is 1120. The number of pyridine rings is 1. The zero-order chi connectivity index (χ0) is 25.5. The molecule has 3 heterocycles. The smallest absolute Gasteiger partial charge is 0.353 e. The van der Waals surface area contributed by atoms with Gasteiger partial charge in [0.2, 0.25) is 17.8 Å². The molecule has 12 heteroatoms. The minimum absolute atomic E-state index is 0.0397. The Morgan fingerprint density at radius 2 is 1.94 bits per heavy atom. The predicted octanol–water partition coefficient (Wildman–Crippen LogP) is 2.91. The highest BCUT2D eigenvalue weighted by molar-refractivity contribution is 6.03. The average molecular weight is 492 g/mol. The van der Waals surface area contributed by atoms with Crippen molar-refractivity contribution in [3.05, 3.63) is 35.3 Å². The van der Waals surface area contributed by atoms with Crippen LogP contribution in [0.4, 0.5) is 30.6 Å². The van der Waals surface area contributed by atoms with Crippen LogP contribution in [0.5, 0.6) is 0 Å². The number of nitrogens with one attached hydrogen (secondary N) is 3. The lowest BCUT2D eigenvalue weighted by Gasteiger charge is -2.38. The van der Waals surface area contributed by atoms with Crippen LogP contribution >= 0.6 is 0 Å². The first-order chi connectivity index (χ1) is 16.4. The number of rotatable bonds is 6. The summed E-state index contributed by atoms with van der Waals surface area (Å²) in [6, 6.07) is 1.83. The van der Waals surface area contributed by atoms with E-state index in [4.69, 9.17) is 0 Å². The van der Waals surface area contributed by atoms with Crippen LogP contribution in [0.2, 0.25) is 0 Å². The van der Waals surface area contributed by atoms with Gasteiger partial charge in [-0.1, -0.05) is 19.9 Å². The lowest BCUT2D eigenvalue weighted by molar-refractivity contribution is -0.141. The summed E-state index contributed by atoms with van der Waals surface area (Å²) in [6.45, 7) is 5.78. The summed E-state index contributed by atoms with van der Waals surface area (Å²) < 4.78 is 37.8. The fraction of sp³-hybridized carbons (Fsp3) is 0.522. The van der Waals surface area contributed by atoms with Crippen molar-refractivity contribution < 1.29 is 22.8 Å². The molecule has 2 aromatic rings. The lowest BCUT2D eigenvalue weighted by Crippen LogP contribution is -2.51. The topological polar surface area (TPSA) is 112 Å². The number of carbonyl (C=O) groups is 2. The zero-order valence-electron chi connectivity index (χ0n) is 19.9. The quantitative estimate of drug-likeness (QED) is 0.570. The zero-order valence-corrected chi connectivity index (χ0v) is 19.9. The number of amides is 2. The van der Waals surface area contributed by atoms with Crippen molar-refractivity contribution in [1.29, 1.82) is 0 Å². The molecule has 0 radical (unpaired) electrons. The van der Waals surface area contributed by atoms with Gasteiger partial charge in [0.1, 0.15) is 17.4 Å². The van der Waals surface area contributed by atoms with Crippen LogP contribution in [-0.2, 0) is 22.2 Å². The number of aromatic nitrogens is 3. The molecular formula is C23H28F3N7O2. The molecule has 2 aromatic heterocycles. The molecule has 0 spiro atoms. The highest BCUT2D eigenvalue weighted by Gasteiger charge is 2.36. The van der Waals surface area contributed by atoms with Gasteiger partial charge < -0.3 is 20.9 Å². The molecular weight excluding hydrogens is 463 g/mol. The van der Waals surface area contributed by atoms with Crippen molar-refractivity contribution in [2.24, 2.45) is 5.92 Å². The molecule has 0 bridgehead atoms. The van der Waals surface area contributed by atoms with Gasteiger partial charge in [-0.05, 0) is 37.3 Å². The van der Waals surface area contributed by atoms with Crippen molar-refractivity contribution in [1.82, 2.24) is 20.3 Å². The summed E-state index contributed by atoms with van der Waals surface area (Å²) in [5, 5.41) is 9.10. The monoisotopic (exact) mass is 491 g/mol. The Morgan fingerprint density at radius 3 is 2.54 bits per heavy atom. The molecule has 2 aliphatic rings. The largest absolute Gasteiger partial charge is 0.433 e. The number of hydrogen-bond donors (Lipinski definition) is 3. The van der Waals surface area contributed by atoms with Gasteiger partial charge in [0, 0.05) is 25.3 Å². The highest BCUT2D eigenvalue weighted by atomic mass is 19.4. The minimum Gasteiger partial charge on any atom is -0.353 e.